The van der Waals surface area contributed by atoms with Gasteiger partial charge in [-0.2, -0.15) is 0 Å². The average Bonchev–Trinajstić information content (AvgIpc) is 2.49. The van der Waals surface area contributed by atoms with Gasteiger partial charge in [0.25, 0.3) is 0 Å². The Bertz CT molecular complexity index is 779. The summed E-state index contributed by atoms with van der Waals surface area (Å²) in [6.45, 7) is 3.82. The molecule has 1 aromatic carbocycles. The van der Waals surface area contributed by atoms with E-state index in [0.717, 1.165) is 11.4 Å². The molecule has 0 aliphatic rings. The third-order valence-electron chi connectivity index (χ3n) is 3.40. The minimum atomic E-state index is 0.139. The summed E-state index contributed by atoms with van der Waals surface area (Å²) in [6, 6.07) is 14.8. The molecule has 3 rings (SSSR count). The molecule has 3 nitrogen and oxygen atoms in total. The highest BCUT2D eigenvalue weighted by Crippen LogP contribution is 2.39. The molecular weight excluding hydrogens is 296 g/mol. The third kappa shape index (κ3) is 2.81. The molecule has 1 N–H and O–H groups in total. The van der Waals surface area contributed by atoms with Crippen LogP contribution in [-0.2, 0) is 0 Å². The maximum atomic E-state index is 10.7. The summed E-state index contributed by atoms with van der Waals surface area (Å²) in [5.41, 5.74) is 4.35. The topological polar surface area (TPSA) is 46.0 Å². The zero-order valence-corrected chi connectivity index (χ0v) is 13.1. The minimum Gasteiger partial charge on any atom is -0.507 e. The van der Waals surface area contributed by atoms with Gasteiger partial charge in [0.05, 0.1) is 11.4 Å². The van der Waals surface area contributed by atoms with Crippen LogP contribution in [0.15, 0.2) is 48.5 Å². The van der Waals surface area contributed by atoms with Gasteiger partial charge in [0.1, 0.15) is 5.75 Å². The Hall–Kier alpha value is -2.39. The van der Waals surface area contributed by atoms with Gasteiger partial charge in [-0.05, 0) is 50.2 Å². The van der Waals surface area contributed by atoms with Gasteiger partial charge in [-0.15, -0.1) is 0 Å². The van der Waals surface area contributed by atoms with E-state index in [4.69, 9.17) is 11.6 Å². The first-order valence-corrected chi connectivity index (χ1v) is 7.33. The molecule has 0 atom stereocenters. The lowest BCUT2D eigenvalue weighted by Crippen LogP contribution is -1.91. The number of rotatable bonds is 2. The van der Waals surface area contributed by atoms with Crippen molar-refractivity contribution in [1.82, 2.24) is 9.97 Å². The predicted octanol–water partition coefficient (Wildman–Crippen LogP) is 4.79. The second kappa shape index (κ2) is 5.78. The van der Waals surface area contributed by atoms with Crippen LogP contribution in [-0.4, -0.2) is 15.1 Å². The first-order valence-electron chi connectivity index (χ1n) is 6.95. The number of nitrogens with zero attached hydrogens (tertiary/aromatic N) is 2. The maximum Gasteiger partial charge on any atom is 0.134 e. The maximum absolute atomic E-state index is 10.7. The molecule has 0 saturated carbocycles. The van der Waals surface area contributed by atoms with Crippen LogP contribution >= 0.6 is 11.6 Å². The van der Waals surface area contributed by atoms with Gasteiger partial charge in [-0.3, -0.25) is 9.97 Å². The van der Waals surface area contributed by atoms with Gasteiger partial charge in [-0.25, -0.2) is 0 Å². The van der Waals surface area contributed by atoms with Crippen LogP contribution in [0.3, 0.4) is 0 Å². The van der Waals surface area contributed by atoms with Gasteiger partial charge < -0.3 is 5.11 Å². The lowest BCUT2D eigenvalue weighted by atomic mass is 10.0. The fraction of sp³-hybridized carbons (Fsp3) is 0.111. The van der Waals surface area contributed by atoms with Crippen LogP contribution in [0.5, 0.6) is 5.75 Å². The van der Waals surface area contributed by atoms with Crippen LogP contribution < -0.4 is 0 Å². The summed E-state index contributed by atoms with van der Waals surface area (Å²) in [7, 11) is 0. The number of phenolic OH excluding ortho intramolecular Hbond substituents is 1. The Balaban J connectivity index is 2.22. The van der Waals surface area contributed by atoms with Crippen molar-refractivity contribution in [3.05, 3.63) is 64.9 Å². The summed E-state index contributed by atoms with van der Waals surface area (Å²) in [4.78, 5) is 8.92. The highest BCUT2D eigenvalue weighted by molar-refractivity contribution is 6.31. The monoisotopic (exact) mass is 310 g/mol. The summed E-state index contributed by atoms with van der Waals surface area (Å²) in [5.74, 6) is 0.139. The van der Waals surface area contributed by atoms with E-state index in [0.29, 0.717) is 27.5 Å². The number of hydrogen-bond acceptors (Lipinski definition) is 3. The lowest BCUT2D eigenvalue weighted by molar-refractivity contribution is 0.479. The lowest BCUT2D eigenvalue weighted by Gasteiger charge is -2.11. The summed E-state index contributed by atoms with van der Waals surface area (Å²) in [5, 5.41) is 11.2. The number of phenols is 1. The van der Waals surface area contributed by atoms with Crippen LogP contribution in [0, 0.1) is 13.8 Å². The second-order valence-electron chi connectivity index (χ2n) is 5.18. The Labute approximate surface area is 134 Å². The third-order valence-corrected chi connectivity index (χ3v) is 3.62. The van der Waals surface area contributed by atoms with E-state index >= 15 is 0 Å². The minimum absolute atomic E-state index is 0.139. The van der Waals surface area contributed by atoms with Gasteiger partial charge in [0, 0.05) is 27.5 Å². The molecule has 0 aliphatic carbocycles. The van der Waals surface area contributed by atoms with E-state index in [9.17, 15) is 5.11 Å². The van der Waals surface area contributed by atoms with Gasteiger partial charge >= 0.3 is 0 Å². The van der Waals surface area contributed by atoms with Crippen LogP contribution in [0.4, 0.5) is 0 Å². The molecule has 0 unspecified atom stereocenters. The van der Waals surface area contributed by atoms with E-state index in [-0.39, 0.29) is 5.75 Å². The number of aromatic nitrogens is 2. The smallest absolute Gasteiger partial charge is 0.134 e. The van der Waals surface area contributed by atoms with E-state index < -0.39 is 0 Å². The summed E-state index contributed by atoms with van der Waals surface area (Å²) in [6.07, 6.45) is 0. The number of halogens is 1. The van der Waals surface area contributed by atoms with E-state index in [1.165, 1.54) is 0 Å². The van der Waals surface area contributed by atoms with Gasteiger partial charge in [0.15, 0.2) is 0 Å². The van der Waals surface area contributed by atoms with Crippen molar-refractivity contribution in [2.24, 2.45) is 0 Å². The van der Waals surface area contributed by atoms with E-state index in [1.807, 2.05) is 50.2 Å². The van der Waals surface area contributed by atoms with Gasteiger partial charge in [-0.1, -0.05) is 23.7 Å². The molecule has 0 radical (unpaired) electrons. The molecule has 110 valence electrons. The van der Waals surface area contributed by atoms with Crippen molar-refractivity contribution >= 4 is 11.6 Å². The molecule has 3 aromatic rings. The largest absolute Gasteiger partial charge is 0.507 e. The van der Waals surface area contributed by atoms with Crippen LogP contribution in [0.1, 0.15) is 11.4 Å². The zero-order valence-electron chi connectivity index (χ0n) is 12.3. The molecule has 0 bridgehead atoms. The fourth-order valence-electron chi connectivity index (χ4n) is 2.38. The number of benzene rings is 1. The van der Waals surface area contributed by atoms with E-state index in [2.05, 4.69) is 9.97 Å². The van der Waals surface area contributed by atoms with E-state index in [1.54, 1.807) is 12.1 Å². The Morgan fingerprint density at radius 1 is 0.818 bits per heavy atom. The number of aryl methyl sites for hydroxylation is 2. The Morgan fingerprint density at radius 2 is 1.27 bits per heavy atom. The molecular formula is C18H15ClN2O. The summed E-state index contributed by atoms with van der Waals surface area (Å²) < 4.78 is 0. The number of pyridine rings is 2. The van der Waals surface area contributed by atoms with Crippen molar-refractivity contribution in [1.29, 1.82) is 0 Å². The SMILES string of the molecule is Cc1cccc(-c2cc(Cl)cc(-c3cccc(C)n3)c2O)n1. The molecule has 0 amide bonds. The number of aromatic hydroxyl groups is 1. The zero-order chi connectivity index (χ0) is 15.7. The van der Waals surface area contributed by atoms with Crippen molar-refractivity contribution in [2.45, 2.75) is 13.8 Å². The highest BCUT2D eigenvalue weighted by atomic mass is 35.5. The molecule has 0 saturated heterocycles. The van der Waals surface area contributed by atoms with Crippen LogP contribution in [0.25, 0.3) is 22.5 Å². The molecule has 2 aromatic heterocycles. The number of hydrogen-bond donors (Lipinski definition) is 1. The van der Waals surface area contributed by atoms with Crippen LogP contribution in [0.2, 0.25) is 5.02 Å². The first kappa shape index (κ1) is 14.5. The molecule has 4 heteroatoms. The predicted molar refractivity (Wildman–Crippen MR) is 89.1 cm³/mol. The molecule has 2 heterocycles. The van der Waals surface area contributed by atoms with Crippen molar-refractivity contribution in [3.8, 4) is 28.3 Å². The van der Waals surface area contributed by atoms with Crippen molar-refractivity contribution < 1.29 is 5.11 Å². The molecule has 0 spiro atoms. The molecule has 0 fully saturated rings. The normalized spacial score (nSPS) is 10.7. The van der Waals surface area contributed by atoms with Crippen molar-refractivity contribution in [3.63, 3.8) is 0 Å². The van der Waals surface area contributed by atoms with Crippen molar-refractivity contribution in [2.75, 3.05) is 0 Å². The average molecular weight is 311 g/mol. The quantitative estimate of drug-likeness (QED) is 0.740. The molecule has 0 aliphatic heterocycles. The van der Waals surface area contributed by atoms with Gasteiger partial charge in [0.2, 0.25) is 0 Å². The first-order chi connectivity index (χ1) is 10.5. The fourth-order valence-corrected chi connectivity index (χ4v) is 2.59. The highest BCUT2D eigenvalue weighted by Gasteiger charge is 2.15. The Morgan fingerprint density at radius 3 is 1.68 bits per heavy atom. The standard InChI is InChI=1S/C18H15ClN2O/c1-11-5-3-7-16(20-11)14-9-13(19)10-15(18(14)22)17-8-4-6-12(2)21-17/h3-10,22H,1-2H3. The second-order valence-corrected chi connectivity index (χ2v) is 5.61. The summed E-state index contributed by atoms with van der Waals surface area (Å²) >= 11 is 6.23. The molecule has 22 heavy (non-hydrogen) atoms. The Kier molecular flexibility index (Phi) is 3.82.